The second-order valence-electron chi connectivity index (χ2n) is 5.65. The molecule has 0 saturated heterocycles. The Bertz CT molecular complexity index is 381. The highest BCUT2D eigenvalue weighted by molar-refractivity contribution is 7.99. The molecule has 1 aromatic heterocycles. The minimum Gasteiger partial charge on any atom is -0.370 e. The Morgan fingerprint density at radius 1 is 1.37 bits per heavy atom. The number of hydrogen-bond acceptors (Lipinski definition) is 3. The van der Waals surface area contributed by atoms with E-state index in [1.807, 2.05) is 0 Å². The lowest BCUT2D eigenvalue weighted by Crippen LogP contribution is -2.15. The van der Waals surface area contributed by atoms with Crippen molar-refractivity contribution >= 4 is 17.6 Å². The van der Waals surface area contributed by atoms with Crippen LogP contribution in [0.4, 0.5) is 5.82 Å². The zero-order valence-electron chi connectivity index (χ0n) is 12.2. The van der Waals surface area contributed by atoms with E-state index in [0.29, 0.717) is 0 Å². The lowest BCUT2D eigenvalue weighted by atomic mass is 9.91. The van der Waals surface area contributed by atoms with Gasteiger partial charge >= 0.3 is 0 Å². The maximum Gasteiger partial charge on any atom is 0.126 e. The maximum absolute atomic E-state index is 4.68. The molecule has 2 unspecified atom stereocenters. The summed E-state index contributed by atoms with van der Waals surface area (Å²) >= 11 is 2.10. The molecule has 0 radical (unpaired) electrons. The molecule has 1 heterocycles. The number of pyridine rings is 1. The average Bonchev–Trinajstić information content (AvgIpc) is 2.43. The average molecular weight is 278 g/mol. The van der Waals surface area contributed by atoms with Crippen molar-refractivity contribution in [1.82, 2.24) is 4.98 Å². The first-order chi connectivity index (χ1) is 9.28. The molecule has 3 heteroatoms. The second kappa shape index (κ2) is 7.78. The van der Waals surface area contributed by atoms with Crippen molar-refractivity contribution in [2.24, 2.45) is 5.92 Å². The molecule has 2 rings (SSSR count). The Morgan fingerprint density at radius 2 is 2.26 bits per heavy atom. The van der Waals surface area contributed by atoms with E-state index >= 15 is 0 Å². The zero-order valence-corrected chi connectivity index (χ0v) is 13.0. The van der Waals surface area contributed by atoms with Gasteiger partial charge in [0.25, 0.3) is 0 Å². The molecule has 1 aliphatic rings. The Hall–Kier alpha value is -0.700. The van der Waals surface area contributed by atoms with Gasteiger partial charge in [-0.05, 0) is 37.3 Å². The minimum atomic E-state index is 0.845. The quantitative estimate of drug-likeness (QED) is 0.815. The summed E-state index contributed by atoms with van der Waals surface area (Å²) in [5, 5.41) is 4.20. The van der Waals surface area contributed by atoms with E-state index in [1.165, 1.54) is 31.4 Å². The van der Waals surface area contributed by atoms with Crippen molar-refractivity contribution in [1.29, 1.82) is 0 Å². The fourth-order valence-electron chi connectivity index (χ4n) is 2.64. The molecular weight excluding hydrogens is 252 g/mol. The van der Waals surface area contributed by atoms with Gasteiger partial charge in [0.2, 0.25) is 0 Å². The largest absolute Gasteiger partial charge is 0.370 e. The number of nitrogens with zero attached hydrogens (tertiary/aromatic N) is 1. The second-order valence-corrected chi connectivity index (χ2v) is 6.93. The predicted octanol–water partition coefficient (Wildman–Crippen LogP) is 4.72. The van der Waals surface area contributed by atoms with Crippen LogP contribution in [0, 0.1) is 5.92 Å². The molecule has 2 nitrogen and oxygen atoms in total. The highest BCUT2D eigenvalue weighted by Gasteiger charge is 2.19. The first kappa shape index (κ1) is 14.7. The van der Waals surface area contributed by atoms with Crippen molar-refractivity contribution in [3.05, 3.63) is 23.9 Å². The van der Waals surface area contributed by atoms with Gasteiger partial charge in [0, 0.05) is 17.5 Å². The summed E-state index contributed by atoms with van der Waals surface area (Å²) in [6.45, 7) is 5.57. The molecular formula is C16H26N2S. The van der Waals surface area contributed by atoms with Crippen LogP contribution < -0.4 is 5.32 Å². The lowest BCUT2D eigenvalue weighted by Gasteiger charge is -2.26. The summed E-state index contributed by atoms with van der Waals surface area (Å²) in [6, 6.07) is 6.33. The number of anilines is 1. The molecule has 0 aromatic carbocycles. The fourth-order valence-corrected chi connectivity index (χ4v) is 4.01. The lowest BCUT2D eigenvalue weighted by molar-refractivity contribution is 0.394. The molecule has 1 N–H and O–H groups in total. The number of thioether (sulfide) groups is 1. The van der Waals surface area contributed by atoms with Crippen LogP contribution in [-0.4, -0.2) is 16.8 Å². The van der Waals surface area contributed by atoms with Gasteiger partial charge in [-0.2, -0.15) is 11.8 Å². The standard InChI is InChI=1S/C16H26N2S/c1-3-10-17-16-9-5-7-14(18-16)12-19-15-8-4-6-13(2)11-15/h5,7,9,13,15H,3-4,6,8,10-12H2,1-2H3,(H,17,18). The Morgan fingerprint density at radius 3 is 3.05 bits per heavy atom. The molecule has 2 atom stereocenters. The van der Waals surface area contributed by atoms with Gasteiger partial charge in [-0.15, -0.1) is 0 Å². The van der Waals surface area contributed by atoms with Gasteiger partial charge < -0.3 is 5.32 Å². The number of hydrogen-bond donors (Lipinski definition) is 1. The van der Waals surface area contributed by atoms with E-state index in [-0.39, 0.29) is 0 Å². The Kier molecular flexibility index (Phi) is 6.02. The van der Waals surface area contributed by atoms with Crippen LogP contribution in [0.1, 0.15) is 51.6 Å². The van der Waals surface area contributed by atoms with Crippen LogP contribution in [0.2, 0.25) is 0 Å². The zero-order chi connectivity index (χ0) is 13.5. The summed E-state index contributed by atoms with van der Waals surface area (Å²) in [7, 11) is 0. The summed E-state index contributed by atoms with van der Waals surface area (Å²) in [4.78, 5) is 4.68. The van der Waals surface area contributed by atoms with Crippen LogP contribution in [0.25, 0.3) is 0 Å². The maximum atomic E-state index is 4.68. The van der Waals surface area contributed by atoms with Crippen molar-refractivity contribution in [2.75, 3.05) is 11.9 Å². The van der Waals surface area contributed by atoms with Gasteiger partial charge in [0.1, 0.15) is 5.82 Å². The number of nitrogens with one attached hydrogen (secondary N) is 1. The van der Waals surface area contributed by atoms with Crippen molar-refractivity contribution < 1.29 is 0 Å². The summed E-state index contributed by atoms with van der Waals surface area (Å²) in [6.07, 6.45) is 6.75. The smallest absolute Gasteiger partial charge is 0.126 e. The molecule has 0 bridgehead atoms. The van der Waals surface area contributed by atoms with Crippen LogP contribution in [0.15, 0.2) is 18.2 Å². The van der Waals surface area contributed by atoms with E-state index < -0.39 is 0 Å². The van der Waals surface area contributed by atoms with Crippen molar-refractivity contribution in [3.63, 3.8) is 0 Å². The first-order valence-corrected chi connectivity index (χ1v) is 8.64. The molecule has 106 valence electrons. The van der Waals surface area contributed by atoms with Crippen molar-refractivity contribution in [2.45, 2.75) is 57.0 Å². The molecule has 1 aliphatic carbocycles. The van der Waals surface area contributed by atoms with Crippen LogP contribution in [0.3, 0.4) is 0 Å². The molecule has 1 saturated carbocycles. The molecule has 0 aliphatic heterocycles. The third kappa shape index (κ3) is 5.06. The Labute approximate surface area is 121 Å². The molecule has 0 amide bonds. The first-order valence-electron chi connectivity index (χ1n) is 7.59. The highest BCUT2D eigenvalue weighted by atomic mass is 32.2. The van der Waals surface area contributed by atoms with Gasteiger partial charge in [-0.3, -0.25) is 0 Å². The predicted molar refractivity (Wildman–Crippen MR) is 85.7 cm³/mol. The summed E-state index contributed by atoms with van der Waals surface area (Å²) in [5.74, 6) is 2.99. The topological polar surface area (TPSA) is 24.9 Å². The summed E-state index contributed by atoms with van der Waals surface area (Å²) < 4.78 is 0. The normalized spacial score (nSPS) is 23.3. The monoisotopic (exact) mass is 278 g/mol. The van der Waals surface area contributed by atoms with Crippen LogP contribution in [-0.2, 0) is 5.75 Å². The van der Waals surface area contributed by atoms with E-state index in [9.17, 15) is 0 Å². The van der Waals surface area contributed by atoms with Crippen LogP contribution >= 0.6 is 11.8 Å². The SMILES string of the molecule is CCCNc1cccc(CSC2CCCC(C)C2)n1. The van der Waals surface area contributed by atoms with Gasteiger partial charge in [0.15, 0.2) is 0 Å². The van der Waals surface area contributed by atoms with Gasteiger partial charge in [-0.1, -0.05) is 32.8 Å². The minimum absolute atomic E-state index is 0.845. The molecule has 1 aromatic rings. The van der Waals surface area contributed by atoms with Gasteiger partial charge in [-0.25, -0.2) is 4.98 Å². The molecule has 0 spiro atoms. The van der Waals surface area contributed by atoms with E-state index in [0.717, 1.165) is 35.7 Å². The Balaban J connectivity index is 1.81. The number of rotatable bonds is 6. The third-order valence-electron chi connectivity index (χ3n) is 3.72. The molecule has 1 fully saturated rings. The summed E-state index contributed by atoms with van der Waals surface area (Å²) in [5.41, 5.74) is 1.21. The van der Waals surface area contributed by atoms with Crippen LogP contribution in [0.5, 0.6) is 0 Å². The molecule has 19 heavy (non-hydrogen) atoms. The number of aromatic nitrogens is 1. The van der Waals surface area contributed by atoms with E-state index in [2.05, 4.69) is 54.1 Å². The van der Waals surface area contributed by atoms with E-state index in [4.69, 9.17) is 0 Å². The fraction of sp³-hybridized carbons (Fsp3) is 0.688. The van der Waals surface area contributed by atoms with Crippen molar-refractivity contribution in [3.8, 4) is 0 Å². The highest BCUT2D eigenvalue weighted by Crippen LogP contribution is 2.33. The van der Waals surface area contributed by atoms with E-state index in [1.54, 1.807) is 0 Å². The third-order valence-corrected chi connectivity index (χ3v) is 5.08. The van der Waals surface area contributed by atoms with Gasteiger partial charge in [0.05, 0.1) is 5.69 Å².